The third-order valence-corrected chi connectivity index (χ3v) is 6.36. The van der Waals surface area contributed by atoms with Gasteiger partial charge in [-0.1, -0.05) is 24.5 Å². The van der Waals surface area contributed by atoms with Gasteiger partial charge in [-0.05, 0) is 76.8 Å². The van der Waals surface area contributed by atoms with Crippen LogP contribution in [-0.4, -0.2) is 48.9 Å². The summed E-state index contributed by atoms with van der Waals surface area (Å²) in [5.41, 5.74) is 1.42. The maximum atomic E-state index is 12.0. The first-order valence-electron chi connectivity index (χ1n) is 10.7. The van der Waals surface area contributed by atoms with E-state index in [-0.39, 0.29) is 0 Å². The maximum Gasteiger partial charge on any atom is 0.309 e. The Labute approximate surface area is 158 Å². The van der Waals surface area contributed by atoms with Crippen LogP contribution < -0.4 is 10.6 Å². The van der Waals surface area contributed by atoms with Crippen molar-refractivity contribution in [3.05, 3.63) is 11.6 Å². The fraction of sp³-hybridized carbons (Fsp3) is 0.810. The third kappa shape index (κ3) is 5.83. The fourth-order valence-corrected chi connectivity index (χ4v) is 4.66. The molecular weight excluding hydrogens is 326 g/mol. The van der Waals surface area contributed by atoms with Gasteiger partial charge in [-0.15, -0.1) is 0 Å². The molecule has 1 saturated carbocycles. The zero-order chi connectivity index (χ0) is 18.2. The minimum absolute atomic E-state index is 0.471. The number of hydrogen-bond donors (Lipinski definition) is 2. The van der Waals surface area contributed by atoms with Gasteiger partial charge in [0.2, 0.25) is 0 Å². The summed E-state index contributed by atoms with van der Waals surface area (Å²) in [7, 11) is 0. The summed E-state index contributed by atoms with van der Waals surface area (Å²) in [5, 5.41) is 5.60. The predicted molar refractivity (Wildman–Crippen MR) is 104 cm³/mol. The van der Waals surface area contributed by atoms with Crippen molar-refractivity contribution in [2.75, 3.05) is 26.2 Å². The van der Waals surface area contributed by atoms with Gasteiger partial charge >= 0.3 is 11.8 Å². The van der Waals surface area contributed by atoms with Gasteiger partial charge in [0, 0.05) is 19.1 Å². The second-order valence-corrected chi connectivity index (χ2v) is 8.24. The van der Waals surface area contributed by atoms with Crippen LogP contribution in [0.15, 0.2) is 11.6 Å². The number of hydrogen-bond acceptors (Lipinski definition) is 3. The van der Waals surface area contributed by atoms with E-state index < -0.39 is 11.8 Å². The van der Waals surface area contributed by atoms with Crippen LogP contribution in [0.3, 0.4) is 0 Å². The molecule has 0 aromatic rings. The van der Waals surface area contributed by atoms with Gasteiger partial charge in [0.15, 0.2) is 0 Å². The molecule has 2 fully saturated rings. The van der Waals surface area contributed by atoms with Crippen LogP contribution in [-0.2, 0) is 9.59 Å². The molecule has 2 aliphatic carbocycles. The Bertz CT molecular complexity index is 503. The molecule has 5 heteroatoms. The largest absolute Gasteiger partial charge is 0.348 e. The molecule has 0 unspecified atom stereocenters. The maximum absolute atomic E-state index is 12.0. The van der Waals surface area contributed by atoms with Crippen LogP contribution in [0, 0.1) is 5.92 Å². The van der Waals surface area contributed by atoms with E-state index in [9.17, 15) is 9.59 Å². The molecule has 0 bridgehead atoms. The molecule has 2 N–H and O–H groups in total. The highest BCUT2D eigenvalue weighted by Gasteiger charge is 2.27. The first-order valence-corrected chi connectivity index (χ1v) is 10.7. The quantitative estimate of drug-likeness (QED) is 0.565. The molecule has 1 saturated heterocycles. The normalized spacial score (nSPS) is 22.8. The van der Waals surface area contributed by atoms with Crippen molar-refractivity contribution >= 4 is 11.8 Å². The van der Waals surface area contributed by atoms with Gasteiger partial charge in [0.05, 0.1) is 0 Å². The molecule has 26 heavy (non-hydrogen) atoms. The van der Waals surface area contributed by atoms with Gasteiger partial charge in [-0.2, -0.15) is 0 Å². The average molecular weight is 362 g/mol. The van der Waals surface area contributed by atoms with E-state index in [1.165, 1.54) is 44.1 Å². The highest BCUT2D eigenvalue weighted by molar-refractivity contribution is 6.35. The second-order valence-electron chi connectivity index (χ2n) is 8.24. The number of rotatable bonds is 6. The lowest BCUT2D eigenvalue weighted by molar-refractivity contribution is -0.139. The molecule has 0 atom stereocenters. The summed E-state index contributed by atoms with van der Waals surface area (Å²) in [4.78, 5) is 26.6. The number of nitrogens with one attached hydrogen (secondary N) is 2. The Balaban J connectivity index is 1.27. The minimum atomic E-state index is -0.482. The van der Waals surface area contributed by atoms with Gasteiger partial charge < -0.3 is 15.5 Å². The van der Waals surface area contributed by atoms with Crippen LogP contribution in [0.1, 0.15) is 70.6 Å². The van der Waals surface area contributed by atoms with Crippen molar-refractivity contribution in [3.63, 3.8) is 0 Å². The van der Waals surface area contributed by atoms with E-state index in [1.807, 2.05) is 0 Å². The van der Waals surface area contributed by atoms with Gasteiger partial charge in [0.1, 0.15) is 0 Å². The topological polar surface area (TPSA) is 61.4 Å². The Hall–Kier alpha value is -1.36. The molecule has 0 spiro atoms. The molecule has 0 aromatic carbocycles. The number of nitrogens with zero attached hydrogens (tertiary/aromatic N) is 1. The highest BCUT2D eigenvalue weighted by atomic mass is 16.2. The van der Waals surface area contributed by atoms with E-state index >= 15 is 0 Å². The van der Waals surface area contributed by atoms with E-state index in [1.54, 1.807) is 0 Å². The lowest BCUT2D eigenvalue weighted by Gasteiger charge is -2.36. The van der Waals surface area contributed by atoms with Crippen LogP contribution >= 0.6 is 0 Å². The van der Waals surface area contributed by atoms with Crippen molar-refractivity contribution in [3.8, 4) is 0 Å². The van der Waals surface area contributed by atoms with Crippen LogP contribution in [0.5, 0.6) is 0 Å². The van der Waals surface area contributed by atoms with Crippen LogP contribution in [0.2, 0.25) is 0 Å². The molecule has 5 nitrogen and oxygen atoms in total. The zero-order valence-corrected chi connectivity index (χ0v) is 16.1. The average Bonchev–Trinajstić information content (AvgIpc) is 3.22. The Morgan fingerprint density at radius 1 is 0.962 bits per heavy atom. The fourth-order valence-electron chi connectivity index (χ4n) is 4.66. The molecule has 0 radical (unpaired) electrons. The molecular formula is C21H35N3O2. The molecule has 1 aliphatic heterocycles. The summed E-state index contributed by atoms with van der Waals surface area (Å²) >= 11 is 0. The van der Waals surface area contributed by atoms with E-state index in [4.69, 9.17) is 0 Å². The van der Waals surface area contributed by atoms with E-state index in [0.29, 0.717) is 19.0 Å². The number of amides is 2. The van der Waals surface area contributed by atoms with Crippen LogP contribution in [0.25, 0.3) is 0 Å². The number of piperidine rings is 1. The number of carbonyl (C=O) groups excluding carboxylic acids is 2. The Morgan fingerprint density at radius 2 is 1.69 bits per heavy atom. The van der Waals surface area contributed by atoms with Crippen molar-refractivity contribution in [2.24, 2.45) is 5.92 Å². The first kappa shape index (κ1) is 19.4. The van der Waals surface area contributed by atoms with Crippen LogP contribution in [0.4, 0.5) is 0 Å². The lowest BCUT2D eigenvalue weighted by Crippen LogP contribution is -2.45. The Morgan fingerprint density at radius 3 is 2.38 bits per heavy atom. The summed E-state index contributed by atoms with van der Waals surface area (Å²) in [5.74, 6) is -0.442. The summed E-state index contributed by atoms with van der Waals surface area (Å²) in [6, 6.07) is 0.801. The third-order valence-electron chi connectivity index (χ3n) is 6.36. The lowest BCUT2D eigenvalue weighted by atomic mass is 9.95. The number of likely N-dealkylation sites (tertiary alicyclic amines) is 1. The molecule has 1 heterocycles. The molecule has 146 valence electrons. The summed E-state index contributed by atoms with van der Waals surface area (Å²) in [6.07, 6.45) is 15.7. The van der Waals surface area contributed by atoms with Gasteiger partial charge in [0.25, 0.3) is 0 Å². The van der Waals surface area contributed by atoms with Crippen molar-refractivity contribution in [1.82, 2.24) is 15.5 Å². The number of allylic oxidation sites excluding steroid dienone is 1. The molecule has 3 rings (SSSR count). The monoisotopic (exact) mass is 361 g/mol. The standard InChI is InChI=1S/C21H35N3O2/c25-20(22-13-10-17-6-2-1-3-7-17)21(26)23-16-18-11-14-24(15-12-18)19-8-4-5-9-19/h6,18-19H,1-5,7-16H2,(H,22,25)(H,23,26). The van der Waals surface area contributed by atoms with E-state index in [0.717, 1.165) is 51.2 Å². The van der Waals surface area contributed by atoms with E-state index in [2.05, 4.69) is 21.6 Å². The summed E-state index contributed by atoms with van der Waals surface area (Å²) in [6.45, 7) is 3.49. The predicted octanol–water partition coefficient (Wildman–Crippen LogP) is 2.76. The second kappa shape index (κ2) is 10.1. The highest BCUT2D eigenvalue weighted by Crippen LogP contribution is 2.27. The molecule has 3 aliphatic rings. The SMILES string of the molecule is O=C(NCCC1=CCCCC1)C(=O)NCC1CCN(C2CCCC2)CC1. The minimum Gasteiger partial charge on any atom is -0.348 e. The van der Waals surface area contributed by atoms with Gasteiger partial charge in [-0.3, -0.25) is 9.59 Å². The van der Waals surface area contributed by atoms with Gasteiger partial charge in [-0.25, -0.2) is 0 Å². The summed E-state index contributed by atoms with van der Waals surface area (Å²) < 4.78 is 0. The number of carbonyl (C=O) groups is 2. The molecule has 2 amide bonds. The first-order chi connectivity index (χ1) is 12.7. The Kier molecular flexibility index (Phi) is 7.54. The smallest absolute Gasteiger partial charge is 0.309 e. The molecule has 0 aromatic heterocycles. The van der Waals surface area contributed by atoms with Crippen molar-refractivity contribution in [1.29, 1.82) is 0 Å². The van der Waals surface area contributed by atoms with Crippen molar-refractivity contribution in [2.45, 2.75) is 76.7 Å². The zero-order valence-electron chi connectivity index (χ0n) is 16.1. The van der Waals surface area contributed by atoms with Crippen molar-refractivity contribution < 1.29 is 9.59 Å².